The van der Waals surface area contributed by atoms with Gasteiger partial charge in [-0.25, -0.2) is 4.79 Å². The number of amides is 2. The number of aryl methyl sites for hydroxylation is 2. The van der Waals surface area contributed by atoms with E-state index in [-0.39, 0.29) is 6.03 Å². The molecule has 0 bridgehead atoms. The summed E-state index contributed by atoms with van der Waals surface area (Å²) >= 11 is 0. The van der Waals surface area contributed by atoms with Crippen LogP contribution in [0.1, 0.15) is 47.4 Å². The third kappa shape index (κ3) is 3.33. The maximum Gasteiger partial charge on any atom is 0.316 e. The molecule has 20 heavy (non-hydrogen) atoms. The van der Waals surface area contributed by atoms with Crippen molar-refractivity contribution < 1.29 is 4.79 Å². The Kier molecular flexibility index (Phi) is 4.69. The van der Waals surface area contributed by atoms with Crippen molar-refractivity contribution in [3.63, 3.8) is 0 Å². The lowest BCUT2D eigenvalue weighted by molar-refractivity contribution is 0.217. The van der Waals surface area contributed by atoms with Crippen molar-refractivity contribution in [3.8, 4) is 0 Å². The van der Waals surface area contributed by atoms with Crippen molar-refractivity contribution in [2.75, 3.05) is 20.6 Å². The maximum atomic E-state index is 11.6. The summed E-state index contributed by atoms with van der Waals surface area (Å²) in [6, 6.07) is 4.64. The zero-order chi connectivity index (χ0) is 14.7. The molecular weight excluding hydrogens is 248 g/mol. The minimum Gasteiger partial charge on any atom is -0.338 e. The van der Waals surface area contributed by atoms with Gasteiger partial charge in [-0.1, -0.05) is 17.7 Å². The molecule has 0 fully saturated rings. The van der Waals surface area contributed by atoms with Crippen LogP contribution in [-0.2, 0) is 6.42 Å². The lowest BCUT2D eigenvalue weighted by atomic mass is 9.78. The molecule has 0 spiro atoms. The van der Waals surface area contributed by atoms with Crippen LogP contribution in [0, 0.1) is 13.8 Å². The first-order valence-corrected chi connectivity index (χ1v) is 7.54. The van der Waals surface area contributed by atoms with Crippen LogP contribution in [0.25, 0.3) is 0 Å². The molecule has 0 saturated carbocycles. The standard InChI is InChI=1S/C17H26N2O/c1-12-10-13(2)15-7-5-6-14(16(15)11-12)8-9-18-17(20)19(3)4/h10-11,14H,5-9H2,1-4H3,(H,18,20). The highest BCUT2D eigenvalue weighted by Gasteiger charge is 2.21. The van der Waals surface area contributed by atoms with Gasteiger partial charge in [0.05, 0.1) is 0 Å². The zero-order valence-electron chi connectivity index (χ0n) is 13.1. The van der Waals surface area contributed by atoms with Gasteiger partial charge < -0.3 is 10.2 Å². The second-order valence-electron chi connectivity index (χ2n) is 6.15. The van der Waals surface area contributed by atoms with Gasteiger partial charge in [-0.3, -0.25) is 0 Å². The van der Waals surface area contributed by atoms with Gasteiger partial charge in [-0.2, -0.15) is 0 Å². The van der Waals surface area contributed by atoms with Crippen molar-refractivity contribution in [2.24, 2.45) is 0 Å². The number of fused-ring (bicyclic) bond motifs is 1. The summed E-state index contributed by atoms with van der Waals surface area (Å²) in [5.74, 6) is 0.597. The molecule has 1 aromatic rings. The molecule has 1 aromatic carbocycles. The fraction of sp³-hybridized carbons (Fsp3) is 0.588. The average molecular weight is 274 g/mol. The van der Waals surface area contributed by atoms with Gasteiger partial charge in [-0.15, -0.1) is 0 Å². The van der Waals surface area contributed by atoms with Crippen molar-refractivity contribution in [1.29, 1.82) is 0 Å². The number of carbonyl (C=O) groups is 1. The Morgan fingerprint density at radius 2 is 2.10 bits per heavy atom. The molecule has 1 N–H and O–H groups in total. The Balaban J connectivity index is 2.03. The molecule has 0 saturated heterocycles. The highest BCUT2D eigenvalue weighted by atomic mass is 16.2. The van der Waals surface area contributed by atoms with Crippen molar-refractivity contribution in [3.05, 3.63) is 34.4 Å². The van der Waals surface area contributed by atoms with Crippen LogP contribution in [0.4, 0.5) is 4.79 Å². The Morgan fingerprint density at radius 1 is 1.35 bits per heavy atom. The predicted octanol–water partition coefficient (Wildman–Crippen LogP) is 3.38. The monoisotopic (exact) mass is 274 g/mol. The normalized spacial score (nSPS) is 17.5. The number of carbonyl (C=O) groups excluding carboxylic acids is 1. The molecule has 1 aliphatic rings. The fourth-order valence-corrected chi connectivity index (χ4v) is 3.23. The van der Waals surface area contributed by atoms with Crippen LogP contribution in [0.3, 0.4) is 0 Å². The number of hydrogen-bond donors (Lipinski definition) is 1. The van der Waals surface area contributed by atoms with E-state index in [0.717, 1.165) is 13.0 Å². The van der Waals surface area contributed by atoms with Crippen LogP contribution in [0.2, 0.25) is 0 Å². The summed E-state index contributed by atoms with van der Waals surface area (Å²) in [5, 5.41) is 2.98. The van der Waals surface area contributed by atoms with Crippen molar-refractivity contribution >= 4 is 6.03 Å². The molecule has 0 heterocycles. The molecule has 2 amide bonds. The summed E-state index contributed by atoms with van der Waals surface area (Å²) in [6.45, 7) is 5.16. The van der Waals surface area contributed by atoms with E-state index < -0.39 is 0 Å². The Bertz CT molecular complexity index is 494. The van der Waals surface area contributed by atoms with Crippen LogP contribution in [0.5, 0.6) is 0 Å². The van der Waals surface area contributed by atoms with Crippen LogP contribution < -0.4 is 5.32 Å². The number of benzene rings is 1. The lowest BCUT2D eigenvalue weighted by Crippen LogP contribution is -2.35. The highest BCUT2D eigenvalue weighted by Crippen LogP contribution is 2.36. The first-order valence-electron chi connectivity index (χ1n) is 7.54. The summed E-state index contributed by atoms with van der Waals surface area (Å²) in [5.41, 5.74) is 5.85. The minimum atomic E-state index is 0.00135. The van der Waals surface area contributed by atoms with Gasteiger partial charge in [-0.05, 0) is 62.1 Å². The number of rotatable bonds is 3. The first kappa shape index (κ1) is 14.9. The van der Waals surface area contributed by atoms with E-state index in [0.29, 0.717) is 5.92 Å². The highest BCUT2D eigenvalue weighted by molar-refractivity contribution is 5.73. The van der Waals surface area contributed by atoms with Gasteiger partial charge in [0.25, 0.3) is 0 Å². The fourth-order valence-electron chi connectivity index (χ4n) is 3.23. The topological polar surface area (TPSA) is 32.3 Å². The molecule has 1 unspecified atom stereocenters. The SMILES string of the molecule is Cc1cc(C)c2c(c1)C(CCNC(=O)N(C)C)CCC2. The number of urea groups is 1. The van der Waals surface area contributed by atoms with E-state index in [2.05, 4.69) is 31.3 Å². The maximum absolute atomic E-state index is 11.6. The molecule has 0 aliphatic heterocycles. The van der Waals surface area contributed by atoms with Gasteiger partial charge in [0.2, 0.25) is 0 Å². The van der Waals surface area contributed by atoms with Gasteiger partial charge >= 0.3 is 6.03 Å². The van der Waals surface area contributed by atoms with E-state index in [1.54, 1.807) is 24.6 Å². The quantitative estimate of drug-likeness (QED) is 0.900. The molecule has 110 valence electrons. The summed E-state index contributed by atoms with van der Waals surface area (Å²) in [6.07, 6.45) is 4.76. The van der Waals surface area contributed by atoms with Crippen LogP contribution >= 0.6 is 0 Å². The Hall–Kier alpha value is -1.51. The molecule has 0 aromatic heterocycles. The Morgan fingerprint density at radius 3 is 2.80 bits per heavy atom. The average Bonchev–Trinajstić information content (AvgIpc) is 2.39. The minimum absolute atomic E-state index is 0.00135. The van der Waals surface area contributed by atoms with Crippen molar-refractivity contribution in [2.45, 2.75) is 45.4 Å². The summed E-state index contributed by atoms with van der Waals surface area (Å²) in [7, 11) is 3.55. The Labute approximate surface area is 122 Å². The van der Waals surface area contributed by atoms with E-state index in [4.69, 9.17) is 0 Å². The third-order valence-electron chi connectivity index (χ3n) is 4.25. The van der Waals surface area contributed by atoms with E-state index in [1.165, 1.54) is 36.0 Å². The molecule has 0 radical (unpaired) electrons. The molecule has 3 nitrogen and oxygen atoms in total. The molecule has 1 atom stereocenters. The zero-order valence-corrected chi connectivity index (χ0v) is 13.1. The van der Waals surface area contributed by atoms with E-state index >= 15 is 0 Å². The van der Waals surface area contributed by atoms with Gasteiger partial charge in [0.15, 0.2) is 0 Å². The largest absolute Gasteiger partial charge is 0.338 e. The van der Waals surface area contributed by atoms with Gasteiger partial charge in [0.1, 0.15) is 0 Å². The van der Waals surface area contributed by atoms with Crippen LogP contribution in [0.15, 0.2) is 12.1 Å². The number of nitrogens with zero attached hydrogens (tertiary/aromatic N) is 1. The second kappa shape index (κ2) is 6.29. The third-order valence-corrected chi connectivity index (χ3v) is 4.25. The first-order chi connectivity index (χ1) is 9.49. The number of nitrogens with one attached hydrogen (secondary N) is 1. The predicted molar refractivity (Wildman–Crippen MR) is 83.3 cm³/mol. The van der Waals surface area contributed by atoms with Crippen molar-refractivity contribution in [1.82, 2.24) is 10.2 Å². The molecular formula is C17H26N2O. The number of hydrogen-bond acceptors (Lipinski definition) is 1. The van der Waals surface area contributed by atoms with Gasteiger partial charge in [0, 0.05) is 20.6 Å². The summed E-state index contributed by atoms with van der Waals surface area (Å²) in [4.78, 5) is 13.1. The molecule has 1 aliphatic carbocycles. The smallest absolute Gasteiger partial charge is 0.316 e. The van der Waals surface area contributed by atoms with E-state index in [1.807, 2.05) is 0 Å². The summed E-state index contributed by atoms with van der Waals surface area (Å²) < 4.78 is 0. The second-order valence-corrected chi connectivity index (χ2v) is 6.15. The van der Waals surface area contributed by atoms with Crippen LogP contribution in [-0.4, -0.2) is 31.6 Å². The lowest BCUT2D eigenvalue weighted by Gasteiger charge is -2.28. The molecule has 2 rings (SSSR count). The van der Waals surface area contributed by atoms with E-state index in [9.17, 15) is 4.79 Å². The molecule has 3 heteroatoms.